The van der Waals surface area contributed by atoms with Crippen LogP contribution in [0.3, 0.4) is 0 Å². The number of carboxylic acids is 1. The van der Waals surface area contributed by atoms with Crippen molar-refractivity contribution in [2.24, 2.45) is 29.4 Å². The highest BCUT2D eigenvalue weighted by Gasteiger charge is 2.36. The molecule has 0 aromatic rings. The van der Waals surface area contributed by atoms with Gasteiger partial charge in [-0.25, -0.2) is 0 Å². The molecule has 49 heavy (non-hydrogen) atoms. The molecule has 1 unspecified atom stereocenters. The highest BCUT2D eigenvalue weighted by Crippen LogP contribution is 2.15. The van der Waals surface area contributed by atoms with E-state index >= 15 is 0 Å². The molecule has 8 atom stereocenters. The van der Waals surface area contributed by atoms with Gasteiger partial charge in [0, 0.05) is 0 Å². The molecule has 0 bridgehead atoms. The average molecular weight is 701 g/mol. The van der Waals surface area contributed by atoms with Crippen LogP contribution < -0.4 is 32.3 Å². The van der Waals surface area contributed by atoms with Crippen LogP contribution in [0.2, 0.25) is 0 Å². The molecule has 15 heteroatoms. The Balaban J connectivity index is 5.68. The summed E-state index contributed by atoms with van der Waals surface area (Å²) in [6.45, 7) is 19.2. The molecule has 0 saturated heterocycles. The summed E-state index contributed by atoms with van der Waals surface area (Å²) in [7, 11) is 0. The topological polar surface area (TPSA) is 249 Å². The number of nitrogens with two attached hydrogens (primary N) is 1. The van der Waals surface area contributed by atoms with Gasteiger partial charge >= 0.3 is 5.97 Å². The van der Waals surface area contributed by atoms with Gasteiger partial charge in [0.25, 0.3) is 0 Å². The SMILES string of the molecule is CCC(C)(N)C(=O)N[C@H](C(=O)N[C@H](C(=O)N[C@@H](CC(C)C)[C@@H](O)CC(=O)N[C@@H](C)C(=O)N[C@@H](CC(C)C)[C@@H](O)CC(=O)O)C(C)C)C(C)C. The number of rotatable bonds is 22. The second kappa shape index (κ2) is 21.0. The van der Waals surface area contributed by atoms with Gasteiger partial charge in [0.05, 0.1) is 42.7 Å². The van der Waals surface area contributed by atoms with Gasteiger partial charge in [-0.15, -0.1) is 0 Å². The summed E-state index contributed by atoms with van der Waals surface area (Å²) >= 11 is 0. The van der Waals surface area contributed by atoms with Gasteiger partial charge in [0.2, 0.25) is 29.5 Å². The van der Waals surface area contributed by atoms with E-state index in [1.807, 2.05) is 27.7 Å². The molecule has 5 amide bonds. The Morgan fingerprint density at radius 3 is 1.45 bits per heavy atom. The summed E-state index contributed by atoms with van der Waals surface area (Å²) in [5.74, 6) is -4.83. The number of hydrogen-bond donors (Lipinski definition) is 9. The maximum atomic E-state index is 13.5. The standard InChI is InChI=1S/C34H64N6O9/c1-12-34(11,35)33(49)40-29(20(8)9)32(48)39-28(19(6)7)31(47)38-22(13-17(2)3)24(41)15-26(43)36-21(10)30(46)37-23(14-18(4)5)25(42)16-27(44)45/h17-25,28-29,41-42H,12-16,35H2,1-11H3,(H,36,43)(H,37,46)(H,38,47)(H,39,48)(H,40,49)(H,44,45)/t21-,22-,23-,24-,25-,28-,29-,34?/m0/s1. The van der Waals surface area contributed by atoms with E-state index < -0.39 is 96.3 Å². The molecule has 284 valence electrons. The van der Waals surface area contributed by atoms with Gasteiger partial charge in [-0.2, -0.15) is 0 Å². The summed E-state index contributed by atoms with van der Waals surface area (Å²) in [5.41, 5.74) is 4.87. The number of carbonyl (C=O) groups is 6. The van der Waals surface area contributed by atoms with Crippen molar-refractivity contribution >= 4 is 35.5 Å². The number of aliphatic hydroxyl groups excluding tert-OH is 2. The smallest absolute Gasteiger partial charge is 0.306 e. The Morgan fingerprint density at radius 1 is 0.633 bits per heavy atom. The monoisotopic (exact) mass is 700 g/mol. The molecule has 0 aliphatic carbocycles. The lowest BCUT2D eigenvalue weighted by Crippen LogP contribution is -2.61. The second-order valence-corrected chi connectivity index (χ2v) is 14.9. The average Bonchev–Trinajstić information content (AvgIpc) is 2.95. The fourth-order valence-electron chi connectivity index (χ4n) is 5.02. The molecule has 0 radical (unpaired) electrons. The summed E-state index contributed by atoms with van der Waals surface area (Å²) in [6, 6.07) is -4.80. The summed E-state index contributed by atoms with van der Waals surface area (Å²) < 4.78 is 0. The molecule has 0 heterocycles. The molecular weight excluding hydrogens is 636 g/mol. The van der Waals surface area contributed by atoms with Crippen LogP contribution in [-0.2, 0) is 28.8 Å². The Kier molecular flexibility index (Phi) is 19.6. The van der Waals surface area contributed by atoms with Crippen LogP contribution in [0.5, 0.6) is 0 Å². The quantitative estimate of drug-likeness (QED) is 0.0759. The first-order valence-electron chi connectivity index (χ1n) is 17.3. The summed E-state index contributed by atoms with van der Waals surface area (Å²) in [4.78, 5) is 76.4. The first kappa shape index (κ1) is 45.7. The summed E-state index contributed by atoms with van der Waals surface area (Å²) in [6.07, 6.45) is -2.74. The van der Waals surface area contributed by atoms with E-state index in [0.29, 0.717) is 19.3 Å². The highest BCUT2D eigenvalue weighted by molar-refractivity contribution is 5.94. The van der Waals surface area contributed by atoms with Gasteiger partial charge < -0.3 is 47.6 Å². The van der Waals surface area contributed by atoms with Crippen LogP contribution in [-0.4, -0.2) is 98.8 Å². The minimum atomic E-state index is -1.35. The molecule has 0 aliphatic heterocycles. The maximum Gasteiger partial charge on any atom is 0.306 e. The Labute approximate surface area is 291 Å². The van der Waals surface area contributed by atoms with E-state index in [0.717, 1.165) is 0 Å². The summed E-state index contributed by atoms with van der Waals surface area (Å²) in [5, 5.41) is 43.8. The van der Waals surface area contributed by atoms with Crippen molar-refractivity contribution in [2.75, 3.05) is 0 Å². The molecule has 15 nitrogen and oxygen atoms in total. The molecular formula is C34H64N6O9. The minimum Gasteiger partial charge on any atom is -0.481 e. The van der Waals surface area contributed by atoms with Crippen LogP contribution in [0.4, 0.5) is 0 Å². The van der Waals surface area contributed by atoms with Crippen molar-refractivity contribution < 1.29 is 44.1 Å². The Morgan fingerprint density at radius 2 is 1.04 bits per heavy atom. The van der Waals surface area contributed by atoms with E-state index in [-0.39, 0.29) is 23.7 Å². The third-order valence-electron chi connectivity index (χ3n) is 8.32. The highest BCUT2D eigenvalue weighted by atomic mass is 16.4. The third-order valence-corrected chi connectivity index (χ3v) is 8.32. The maximum absolute atomic E-state index is 13.5. The van der Waals surface area contributed by atoms with Crippen molar-refractivity contribution in [1.82, 2.24) is 26.6 Å². The van der Waals surface area contributed by atoms with Crippen molar-refractivity contribution in [2.45, 2.75) is 156 Å². The number of carbonyl (C=O) groups excluding carboxylic acids is 5. The van der Waals surface area contributed by atoms with E-state index in [9.17, 15) is 39.0 Å². The van der Waals surface area contributed by atoms with Crippen molar-refractivity contribution in [1.29, 1.82) is 0 Å². The van der Waals surface area contributed by atoms with Crippen molar-refractivity contribution in [3.63, 3.8) is 0 Å². The molecule has 0 fully saturated rings. The zero-order valence-electron chi connectivity index (χ0n) is 31.3. The zero-order chi connectivity index (χ0) is 38.4. The van der Waals surface area contributed by atoms with Gasteiger partial charge in [-0.1, -0.05) is 62.3 Å². The van der Waals surface area contributed by atoms with E-state index in [2.05, 4.69) is 26.6 Å². The van der Waals surface area contributed by atoms with Crippen LogP contribution in [0.25, 0.3) is 0 Å². The van der Waals surface area contributed by atoms with E-state index in [4.69, 9.17) is 10.8 Å². The lowest BCUT2D eigenvalue weighted by molar-refractivity contribution is -0.140. The number of aliphatic hydroxyl groups is 2. The molecule has 10 N–H and O–H groups in total. The van der Waals surface area contributed by atoms with Crippen LogP contribution >= 0.6 is 0 Å². The van der Waals surface area contributed by atoms with Crippen LogP contribution in [0, 0.1) is 23.7 Å². The van der Waals surface area contributed by atoms with Crippen LogP contribution in [0.1, 0.15) is 108 Å². The fourth-order valence-corrected chi connectivity index (χ4v) is 5.02. The van der Waals surface area contributed by atoms with Crippen LogP contribution in [0.15, 0.2) is 0 Å². The predicted molar refractivity (Wildman–Crippen MR) is 186 cm³/mol. The molecule has 0 aliphatic rings. The molecule has 0 saturated carbocycles. The molecule has 0 spiro atoms. The Bertz CT molecular complexity index is 1110. The first-order chi connectivity index (χ1) is 22.4. The van der Waals surface area contributed by atoms with Gasteiger partial charge in [0.15, 0.2) is 0 Å². The minimum absolute atomic E-state index is 0.000373. The normalized spacial score (nSPS) is 17.3. The number of carboxylic acid groups (broad SMARTS) is 1. The number of nitrogens with one attached hydrogen (secondary N) is 5. The lowest BCUT2D eigenvalue weighted by Gasteiger charge is -2.32. The molecule has 0 aromatic carbocycles. The number of amides is 5. The number of hydrogen-bond acceptors (Lipinski definition) is 9. The fraction of sp³-hybridized carbons (Fsp3) is 0.824. The van der Waals surface area contributed by atoms with Crippen molar-refractivity contribution in [3.8, 4) is 0 Å². The van der Waals surface area contributed by atoms with Gasteiger partial charge in [0.1, 0.15) is 18.1 Å². The zero-order valence-corrected chi connectivity index (χ0v) is 31.3. The second-order valence-electron chi connectivity index (χ2n) is 14.9. The largest absolute Gasteiger partial charge is 0.481 e. The van der Waals surface area contributed by atoms with E-state index in [1.54, 1.807) is 41.5 Å². The van der Waals surface area contributed by atoms with Crippen molar-refractivity contribution in [3.05, 3.63) is 0 Å². The lowest BCUT2D eigenvalue weighted by atomic mass is 9.94. The third kappa shape index (κ3) is 16.8. The first-order valence-corrected chi connectivity index (χ1v) is 17.3. The van der Waals surface area contributed by atoms with E-state index in [1.165, 1.54) is 6.92 Å². The Hall–Kier alpha value is -3.30. The molecule has 0 rings (SSSR count). The predicted octanol–water partition coefficient (Wildman–Crippen LogP) is 0.549. The van der Waals surface area contributed by atoms with Gasteiger partial charge in [-0.05, 0) is 56.8 Å². The molecule has 0 aromatic heterocycles. The van der Waals surface area contributed by atoms with Gasteiger partial charge in [-0.3, -0.25) is 28.8 Å². The number of aliphatic carboxylic acids is 1.